The van der Waals surface area contributed by atoms with Crippen molar-refractivity contribution in [1.82, 2.24) is 4.98 Å². The fourth-order valence-corrected chi connectivity index (χ4v) is 2.59. The Kier molecular flexibility index (Phi) is 10.4. The Bertz CT molecular complexity index is 553. The molecule has 130 valence electrons. The monoisotopic (exact) mass is 324 g/mol. The number of hydrogen-bond acceptors (Lipinski definition) is 2. The summed E-state index contributed by atoms with van der Waals surface area (Å²) in [6.07, 6.45) is 15.9. The quantitative estimate of drug-likeness (QED) is 0.247. The van der Waals surface area contributed by atoms with Crippen LogP contribution in [0.3, 0.4) is 0 Å². The average Bonchev–Trinajstić information content (AvgIpc) is 2.61. The molecule has 1 heterocycles. The van der Waals surface area contributed by atoms with E-state index >= 15 is 0 Å². The molecule has 0 aromatic carbocycles. The lowest BCUT2D eigenvalue weighted by Crippen LogP contribution is -1.92. The number of nitrogens with zero attached hydrogens (tertiary/aromatic N) is 2. The standard InChI is InChI=1S/C22H32N2/c1-5-12-21(17-23-6-2)19(3)13-9-7-8-10-14-20(4)22-15-11-16-24-18-22/h11-12,15-18H,3-10,13-14H2,1-2H3/b21-12+,23-17-. The molecule has 0 atom stereocenters. The number of rotatable bonds is 12. The Hall–Kier alpha value is -1.96. The Labute approximate surface area is 148 Å². The molecule has 0 aliphatic rings. The van der Waals surface area contributed by atoms with Crippen LogP contribution in [-0.4, -0.2) is 17.7 Å². The van der Waals surface area contributed by atoms with Gasteiger partial charge in [-0.2, -0.15) is 0 Å². The molecule has 2 heteroatoms. The summed E-state index contributed by atoms with van der Waals surface area (Å²) >= 11 is 0. The maximum absolute atomic E-state index is 4.35. The van der Waals surface area contributed by atoms with E-state index < -0.39 is 0 Å². The van der Waals surface area contributed by atoms with Gasteiger partial charge in [0.25, 0.3) is 0 Å². The predicted molar refractivity (Wildman–Crippen MR) is 108 cm³/mol. The van der Waals surface area contributed by atoms with Crippen LogP contribution in [0.2, 0.25) is 0 Å². The van der Waals surface area contributed by atoms with Gasteiger partial charge in [-0.15, -0.1) is 0 Å². The van der Waals surface area contributed by atoms with Gasteiger partial charge in [-0.05, 0) is 67.4 Å². The second kappa shape index (κ2) is 12.5. The topological polar surface area (TPSA) is 25.2 Å². The van der Waals surface area contributed by atoms with E-state index in [1.54, 1.807) is 6.20 Å². The van der Waals surface area contributed by atoms with Crippen molar-refractivity contribution in [2.45, 2.75) is 58.8 Å². The molecule has 1 aromatic rings. The molecule has 1 aromatic heterocycles. The highest BCUT2D eigenvalue weighted by Crippen LogP contribution is 2.20. The van der Waals surface area contributed by atoms with E-state index in [0.717, 1.165) is 31.4 Å². The molecule has 0 spiro atoms. The molecule has 1 rings (SSSR count). The molecular weight excluding hydrogens is 292 g/mol. The zero-order valence-electron chi connectivity index (χ0n) is 15.4. The van der Waals surface area contributed by atoms with Crippen molar-refractivity contribution < 1.29 is 0 Å². The molecule has 0 saturated heterocycles. The van der Waals surface area contributed by atoms with Gasteiger partial charge in [-0.3, -0.25) is 9.98 Å². The van der Waals surface area contributed by atoms with E-state index in [1.165, 1.54) is 42.4 Å². The van der Waals surface area contributed by atoms with E-state index in [4.69, 9.17) is 0 Å². The van der Waals surface area contributed by atoms with Gasteiger partial charge in [-0.1, -0.05) is 45.1 Å². The summed E-state index contributed by atoms with van der Waals surface area (Å²) < 4.78 is 0. The fourth-order valence-electron chi connectivity index (χ4n) is 2.59. The van der Waals surface area contributed by atoms with Crippen LogP contribution < -0.4 is 0 Å². The van der Waals surface area contributed by atoms with Crippen molar-refractivity contribution in [1.29, 1.82) is 0 Å². The number of aromatic nitrogens is 1. The first-order valence-corrected chi connectivity index (χ1v) is 9.15. The first-order chi connectivity index (χ1) is 11.7. The van der Waals surface area contributed by atoms with E-state index in [1.807, 2.05) is 18.5 Å². The zero-order valence-corrected chi connectivity index (χ0v) is 15.4. The van der Waals surface area contributed by atoms with Crippen molar-refractivity contribution in [3.8, 4) is 0 Å². The highest BCUT2D eigenvalue weighted by molar-refractivity contribution is 5.84. The Balaban J connectivity index is 2.21. The second-order valence-electron chi connectivity index (χ2n) is 6.06. The number of unbranched alkanes of at least 4 members (excludes halogenated alkanes) is 3. The van der Waals surface area contributed by atoms with Crippen molar-refractivity contribution >= 4 is 11.8 Å². The Morgan fingerprint density at radius 3 is 2.50 bits per heavy atom. The summed E-state index contributed by atoms with van der Waals surface area (Å²) in [5.74, 6) is 0. The number of pyridine rings is 1. The predicted octanol–water partition coefficient (Wildman–Crippen LogP) is 6.42. The second-order valence-corrected chi connectivity index (χ2v) is 6.06. The van der Waals surface area contributed by atoms with Gasteiger partial charge in [0.05, 0.1) is 0 Å². The van der Waals surface area contributed by atoms with Crippen LogP contribution in [0.25, 0.3) is 5.57 Å². The maximum Gasteiger partial charge on any atom is 0.0361 e. The summed E-state index contributed by atoms with van der Waals surface area (Å²) in [7, 11) is 0. The van der Waals surface area contributed by atoms with Gasteiger partial charge in [0.2, 0.25) is 0 Å². The van der Waals surface area contributed by atoms with Gasteiger partial charge in [0.1, 0.15) is 0 Å². The molecule has 0 saturated carbocycles. The third-order valence-electron chi connectivity index (χ3n) is 4.02. The van der Waals surface area contributed by atoms with Crippen LogP contribution in [0, 0.1) is 0 Å². The van der Waals surface area contributed by atoms with Crippen LogP contribution >= 0.6 is 0 Å². The molecule has 0 aliphatic carbocycles. The zero-order chi connectivity index (χ0) is 17.6. The van der Waals surface area contributed by atoms with Gasteiger partial charge in [-0.25, -0.2) is 0 Å². The minimum absolute atomic E-state index is 0.829. The lowest BCUT2D eigenvalue weighted by Gasteiger charge is -2.08. The molecule has 24 heavy (non-hydrogen) atoms. The number of allylic oxidation sites excluding steroid dienone is 4. The first-order valence-electron chi connectivity index (χ1n) is 9.15. The molecule has 0 fully saturated rings. The summed E-state index contributed by atoms with van der Waals surface area (Å²) in [4.78, 5) is 8.50. The van der Waals surface area contributed by atoms with Gasteiger partial charge < -0.3 is 0 Å². The molecule has 0 radical (unpaired) electrons. The van der Waals surface area contributed by atoms with Crippen LogP contribution in [0.4, 0.5) is 0 Å². The normalized spacial score (nSPS) is 11.8. The molecule has 0 N–H and O–H groups in total. The molecule has 0 unspecified atom stereocenters. The summed E-state index contributed by atoms with van der Waals surface area (Å²) in [5, 5.41) is 0. The lowest BCUT2D eigenvalue weighted by atomic mass is 9.99. The SMILES string of the molecule is C=C(CCCCCCC(=C)c1cccnc1)C(/C=N\CC)=C/CC. The maximum atomic E-state index is 4.35. The number of aliphatic imine (C=N–C) groups is 1. The molecule has 0 bridgehead atoms. The van der Waals surface area contributed by atoms with E-state index in [2.05, 4.69) is 49.1 Å². The van der Waals surface area contributed by atoms with Crippen LogP contribution in [-0.2, 0) is 0 Å². The van der Waals surface area contributed by atoms with Crippen molar-refractivity contribution in [2.24, 2.45) is 4.99 Å². The molecule has 0 amide bonds. The van der Waals surface area contributed by atoms with E-state index in [0.29, 0.717) is 0 Å². The summed E-state index contributed by atoms with van der Waals surface area (Å²) in [5.41, 5.74) is 4.78. The third-order valence-corrected chi connectivity index (χ3v) is 4.02. The molecule has 2 nitrogen and oxygen atoms in total. The van der Waals surface area contributed by atoms with Crippen LogP contribution in [0.1, 0.15) is 64.4 Å². The van der Waals surface area contributed by atoms with Crippen molar-refractivity contribution in [3.63, 3.8) is 0 Å². The summed E-state index contributed by atoms with van der Waals surface area (Å²) in [6.45, 7) is 13.4. The van der Waals surface area contributed by atoms with E-state index in [9.17, 15) is 0 Å². The Morgan fingerprint density at radius 1 is 1.12 bits per heavy atom. The minimum atomic E-state index is 0.829. The average molecular weight is 325 g/mol. The van der Waals surface area contributed by atoms with Crippen LogP contribution in [0.5, 0.6) is 0 Å². The minimum Gasteiger partial charge on any atom is -0.293 e. The van der Waals surface area contributed by atoms with Crippen molar-refractivity contribution in [2.75, 3.05) is 6.54 Å². The van der Waals surface area contributed by atoms with Gasteiger partial charge in [0.15, 0.2) is 0 Å². The largest absolute Gasteiger partial charge is 0.293 e. The highest BCUT2D eigenvalue weighted by atomic mass is 14.7. The third kappa shape index (κ3) is 8.05. The lowest BCUT2D eigenvalue weighted by molar-refractivity contribution is 0.650. The van der Waals surface area contributed by atoms with E-state index in [-0.39, 0.29) is 0 Å². The van der Waals surface area contributed by atoms with Crippen molar-refractivity contribution in [3.05, 3.63) is 60.5 Å². The van der Waals surface area contributed by atoms with Gasteiger partial charge >= 0.3 is 0 Å². The molecule has 0 aliphatic heterocycles. The molecular formula is C22H32N2. The Morgan fingerprint density at radius 2 is 1.88 bits per heavy atom. The smallest absolute Gasteiger partial charge is 0.0361 e. The first kappa shape index (κ1) is 20.1. The van der Waals surface area contributed by atoms with Gasteiger partial charge in [0, 0.05) is 25.2 Å². The fraction of sp³-hybridized carbons (Fsp3) is 0.455. The van der Waals surface area contributed by atoms with Crippen LogP contribution in [0.15, 0.2) is 59.9 Å². The summed E-state index contributed by atoms with van der Waals surface area (Å²) in [6, 6.07) is 4.05. The highest BCUT2D eigenvalue weighted by Gasteiger charge is 2.02. The number of hydrogen-bond donors (Lipinski definition) is 0.